The maximum atomic E-state index is 5.69. The van der Waals surface area contributed by atoms with Crippen molar-refractivity contribution < 1.29 is 4.74 Å². The summed E-state index contributed by atoms with van der Waals surface area (Å²) in [7, 11) is 0. The quantitative estimate of drug-likeness (QED) is 0.703. The number of rotatable bonds is 5. The van der Waals surface area contributed by atoms with Gasteiger partial charge in [0.25, 0.3) is 0 Å². The molecule has 0 aliphatic heterocycles. The smallest absolute Gasteiger partial charge is 0.0519 e. The molecule has 0 spiro atoms. The Hall–Kier alpha value is 0.310. The second-order valence-electron chi connectivity index (χ2n) is 5.21. The van der Waals surface area contributed by atoms with Gasteiger partial charge in [0.05, 0.1) is 6.10 Å². The van der Waals surface area contributed by atoms with Crippen molar-refractivity contribution in [2.24, 2.45) is 5.92 Å². The number of hydrogen-bond donors (Lipinski definition) is 0. The van der Waals surface area contributed by atoms with Gasteiger partial charge in [0.2, 0.25) is 0 Å². The van der Waals surface area contributed by atoms with E-state index in [-0.39, 0.29) is 0 Å². The molecule has 0 aromatic carbocycles. The van der Waals surface area contributed by atoms with Crippen LogP contribution in [0.3, 0.4) is 0 Å². The number of ether oxygens (including phenoxy) is 1. The molecule has 1 fully saturated rings. The fraction of sp³-hybridized carbons (Fsp3) is 1.00. The van der Waals surface area contributed by atoms with Gasteiger partial charge in [-0.2, -0.15) is 11.8 Å². The summed E-state index contributed by atoms with van der Waals surface area (Å²) < 4.78 is 5.69. The van der Waals surface area contributed by atoms with E-state index in [1.165, 1.54) is 25.7 Å². The molecule has 1 aliphatic carbocycles. The summed E-state index contributed by atoms with van der Waals surface area (Å²) >= 11 is 2.16. The molecule has 2 heteroatoms. The van der Waals surface area contributed by atoms with E-state index in [2.05, 4.69) is 39.5 Å². The third-order valence-corrected chi connectivity index (χ3v) is 4.32. The number of hydrogen-bond acceptors (Lipinski definition) is 2. The lowest BCUT2D eigenvalue weighted by Gasteiger charge is -2.29. The van der Waals surface area contributed by atoms with Crippen LogP contribution < -0.4 is 0 Å². The fourth-order valence-corrected chi connectivity index (χ4v) is 3.46. The molecule has 1 aliphatic rings. The van der Waals surface area contributed by atoms with Gasteiger partial charge in [0.1, 0.15) is 0 Å². The van der Waals surface area contributed by atoms with Crippen molar-refractivity contribution >= 4 is 11.8 Å². The maximum Gasteiger partial charge on any atom is 0.0519 e. The Morgan fingerprint density at radius 1 is 1.07 bits per heavy atom. The van der Waals surface area contributed by atoms with Gasteiger partial charge < -0.3 is 4.74 Å². The largest absolute Gasteiger partial charge is 0.379 e. The molecule has 90 valence electrons. The highest BCUT2D eigenvalue weighted by atomic mass is 32.2. The van der Waals surface area contributed by atoms with E-state index < -0.39 is 0 Å². The molecule has 0 aromatic rings. The second kappa shape index (κ2) is 6.80. The van der Waals surface area contributed by atoms with Crippen LogP contribution in [0.4, 0.5) is 0 Å². The molecule has 15 heavy (non-hydrogen) atoms. The van der Waals surface area contributed by atoms with Crippen molar-refractivity contribution in [2.75, 3.05) is 6.61 Å². The molecular weight excluding hydrogens is 204 g/mol. The third kappa shape index (κ3) is 5.82. The summed E-state index contributed by atoms with van der Waals surface area (Å²) in [5.41, 5.74) is 0. The molecule has 0 N–H and O–H groups in total. The van der Waals surface area contributed by atoms with Crippen molar-refractivity contribution in [1.29, 1.82) is 0 Å². The Labute approximate surface area is 99.3 Å². The number of thioether (sulfide) groups is 1. The minimum Gasteiger partial charge on any atom is -0.379 e. The summed E-state index contributed by atoms with van der Waals surface area (Å²) in [6.07, 6.45) is 5.94. The summed E-state index contributed by atoms with van der Waals surface area (Å²) in [6, 6.07) is 0. The zero-order valence-corrected chi connectivity index (χ0v) is 11.5. The first-order valence-corrected chi connectivity index (χ1v) is 7.29. The highest BCUT2D eigenvalue weighted by molar-refractivity contribution is 8.00. The monoisotopic (exact) mass is 230 g/mol. The minimum atomic E-state index is 0.396. The van der Waals surface area contributed by atoms with Crippen LogP contribution in [-0.4, -0.2) is 23.2 Å². The minimum absolute atomic E-state index is 0.396. The lowest BCUT2D eigenvalue weighted by molar-refractivity contribution is 0.0418. The highest BCUT2D eigenvalue weighted by Gasteiger charge is 2.22. The molecule has 0 unspecified atom stereocenters. The van der Waals surface area contributed by atoms with E-state index in [0.29, 0.717) is 6.10 Å². The van der Waals surface area contributed by atoms with E-state index >= 15 is 0 Å². The van der Waals surface area contributed by atoms with E-state index in [9.17, 15) is 0 Å². The normalized spacial score (nSPS) is 27.6. The molecule has 0 heterocycles. The van der Waals surface area contributed by atoms with E-state index in [1.54, 1.807) is 0 Å². The Morgan fingerprint density at radius 2 is 1.67 bits per heavy atom. The van der Waals surface area contributed by atoms with Crippen LogP contribution in [0.1, 0.15) is 53.4 Å². The first kappa shape index (κ1) is 13.4. The van der Waals surface area contributed by atoms with Crippen molar-refractivity contribution in [3.05, 3.63) is 0 Å². The van der Waals surface area contributed by atoms with Gasteiger partial charge in [0, 0.05) is 11.9 Å². The summed E-state index contributed by atoms with van der Waals surface area (Å²) in [6.45, 7) is 9.84. The highest BCUT2D eigenvalue weighted by Crippen LogP contribution is 2.33. The predicted molar refractivity (Wildman–Crippen MR) is 69.6 cm³/mol. The molecule has 1 nitrogen and oxygen atoms in total. The van der Waals surface area contributed by atoms with Gasteiger partial charge >= 0.3 is 0 Å². The van der Waals surface area contributed by atoms with Gasteiger partial charge in [-0.05, 0) is 50.7 Å². The van der Waals surface area contributed by atoms with Crippen molar-refractivity contribution in [1.82, 2.24) is 0 Å². The summed E-state index contributed by atoms with van der Waals surface area (Å²) in [4.78, 5) is 0. The van der Waals surface area contributed by atoms with Gasteiger partial charge in [-0.25, -0.2) is 0 Å². The van der Waals surface area contributed by atoms with Crippen LogP contribution in [0, 0.1) is 5.92 Å². The van der Waals surface area contributed by atoms with Crippen LogP contribution in [0.25, 0.3) is 0 Å². The Morgan fingerprint density at radius 3 is 2.13 bits per heavy atom. The molecule has 0 atom stereocenters. The zero-order valence-electron chi connectivity index (χ0n) is 10.7. The SMILES string of the molecule is CC(C)OCC1CCC(SC(C)C)CC1. The Kier molecular flexibility index (Phi) is 6.06. The van der Waals surface area contributed by atoms with Crippen LogP contribution in [0.2, 0.25) is 0 Å². The standard InChI is InChI=1S/C13H26OS/c1-10(2)14-9-12-5-7-13(8-6-12)15-11(3)4/h10-13H,5-9H2,1-4H3. The van der Waals surface area contributed by atoms with Crippen LogP contribution >= 0.6 is 11.8 Å². The third-order valence-electron chi connectivity index (χ3n) is 2.92. The van der Waals surface area contributed by atoms with E-state index in [1.807, 2.05) is 0 Å². The van der Waals surface area contributed by atoms with Gasteiger partial charge in [-0.1, -0.05) is 13.8 Å². The molecular formula is C13H26OS. The van der Waals surface area contributed by atoms with Gasteiger partial charge in [0.15, 0.2) is 0 Å². The van der Waals surface area contributed by atoms with E-state index in [4.69, 9.17) is 4.74 Å². The average Bonchev–Trinajstić information content (AvgIpc) is 2.16. The summed E-state index contributed by atoms with van der Waals surface area (Å²) in [5.74, 6) is 0.830. The van der Waals surface area contributed by atoms with E-state index in [0.717, 1.165) is 23.0 Å². The van der Waals surface area contributed by atoms with Crippen molar-refractivity contribution in [3.63, 3.8) is 0 Å². The Bertz CT molecular complexity index is 160. The molecule has 0 bridgehead atoms. The van der Waals surface area contributed by atoms with Crippen molar-refractivity contribution in [3.8, 4) is 0 Å². The Balaban J connectivity index is 2.12. The van der Waals surface area contributed by atoms with Crippen LogP contribution in [0.15, 0.2) is 0 Å². The lowest BCUT2D eigenvalue weighted by atomic mass is 9.89. The van der Waals surface area contributed by atoms with Crippen LogP contribution in [-0.2, 0) is 4.74 Å². The van der Waals surface area contributed by atoms with Gasteiger partial charge in [-0.15, -0.1) is 0 Å². The summed E-state index contributed by atoms with van der Waals surface area (Å²) in [5, 5.41) is 1.71. The first-order chi connectivity index (χ1) is 7.08. The molecule has 1 saturated carbocycles. The molecule has 0 saturated heterocycles. The van der Waals surface area contributed by atoms with Gasteiger partial charge in [-0.3, -0.25) is 0 Å². The van der Waals surface area contributed by atoms with Crippen LogP contribution in [0.5, 0.6) is 0 Å². The predicted octanol–water partition coefficient (Wildman–Crippen LogP) is 4.11. The second-order valence-corrected chi connectivity index (χ2v) is 7.09. The molecule has 0 amide bonds. The molecule has 0 aromatic heterocycles. The molecule has 1 rings (SSSR count). The van der Waals surface area contributed by atoms with Crippen molar-refractivity contribution in [2.45, 2.75) is 70.0 Å². The topological polar surface area (TPSA) is 9.23 Å². The first-order valence-electron chi connectivity index (χ1n) is 6.35. The maximum absolute atomic E-state index is 5.69. The zero-order chi connectivity index (χ0) is 11.3. The molecule has 0 radical (unpaired) electrons. The average molecular weight is 230 g/mol. The lowest BCUT2D eigenvalue weighted by Crippen LogP contribution is -2.22. The fourth-order valence-electron chi connectivity index (χ4n) is 2.15.